The van der Waals surface area contributed by atoms with Gasteiger partial charge in [-0.2, -0.15) is 0 Å². The van der Waals surface area contributed by atoms with Crippen LogP contribution in [0.5, 0.6) is 34.5 Å². The highest BCUT2D eigenvalue weighted by molar-refractivity contribution is 6.15. The Balaban J connectivity index is 1.34. The van der Waals surface area contributed by atoms with Crippen molar-refractivity contribution in [1.29, 1.82) is 0 Å². The molecule has 0 radical (unpaired) electrons. The van der Waals surface area contributed by atoms with Gasteiger partial charge in [0.1, 0.15) is 11.5 Å². The highest BCUT2D eigenvalue weighted by Gasteiger charge is 2.57. The van der Waals surface area contributed by atoms with E-state index in [1.807, 2.05) is 53.7 Å². The van der Waals surface area contributed by atoms with E-state index in [1.165, 1.54) is 12.8 Å². The third kappa shape index (κ3) is 5.58. The van der Waals surface area contributed by atoms with E-state index in [0.717, 1.165) is 12.8 Å². The standard InChI is InChI=1S/C50H64N2O6/c1-21(2)37-29-13-23(5)39(45(55)41(29)31(43(53)47(37)57)19-51-35-17-27-15-33(25(35)7)49(27,9)10)40-24(6)14-30-38(22(3)4)48(58)44(54)32(42(30)46(40)56)20-52-36-18-28-16-34(26(36)8)50(28,11)12/h13-14,19-22,25-28,33-36,53-58H,15-18H2,1-12H3/t25-,26-,27-,28-,33+,34+,35-,36-/m0/s1. The Morgan fingerprint density at radius 1 is 0.552 bits per heavy atom. The molecule has 4 aromatic carbocycles. The molecule has 0 aromatic heterocycles. The largest absolute Gasteiger partial charge is 0.507 e. The van der Waals surface area contributed by atoms with Crippen LogP contribution in [0.3, 0.4) is 0 Å². The average molecular weight is 789 g/mol. The predicted octanol–water partition coefficient (Wildman–Crippen LogP) is 11.7. The topological polar surface area (TPSA) is 146 Å². The van der Waals surface area contributed by atoms with E-state index in [1.54, 1.807) is 12.4 Å². The molecule has 58 heavy (non-hydrogen) atoms. The average Bonchev–Trinajstić information content (AvgIpc) is 3.13. The van der Waals surface area contributed by atoms with Gasteiger partial charge in [-0.25, -0.2) is 0 Å². The maximum atomic E-state index is 12.6. The molecule has 6 N–H and O–H groups in total. The number of aromatic hydroxyl groups is 6. The molecule has 0 unspecified atom stereocenters. The number of hydrogen-bond donors (Lipinski definition) is 6. The molecule has 0 amide bonds. The molecule has 8 heteroatoms. The van der Waals surface area contributed by atoms with Gasteiger partial charge < -0.3 is 30.6 Å². The minimum atomic E-state index is -0.336. The minimum Gasteiger partial charge on any atom is -0.507 e. The van der Waals surface area contributed by atoms with Gasteiger partial charge in [-0.05, 0) is 120 Å². The summed E-state index contributed by atoms with van der Waals surface area (Å²) < 4.78 is 0. The fourth-order valence-corrected chi connectivity index (χ4v) is 12.6. The summed E-state index contributed by atoms with van der Waals surface area (Å²) in [5.74, 6) is 1.18. The lowest BCUT2D eigenvalue weighted by Gasteiger charge is -2.61. The molecule has 6 saturated carbocycles. The van der Waals surface area contributed by atoms with Gasteiger partial charge in [0.2, 0.25) is 0 Å². The maximum absolute atomic E-state index is 12.6. The molecule has 6 aliphatic rings. The third-order valence-electron chi connectivity index (χ3n) is 16.4. The van der Waals surface area contributed by atoms with Crippen molar-refractivity contribution in [3.05, 3.63) is 45.5 Å². The lowest BCUT2D eigenvalue weighted by molar-refractivity contribution is -0.108. The van der Waals surface area contributed by atoms with Gasteiger partial charge in [-0.1, -0.05) is 81.4 Å². The summed E-state index contributed by atoms with van der Waals surface area (Å²) in [5, 5.41) is 73.5. The first-order valence-corrected chi connectivity index (χ1v) is 21.7. The van der Waals surface area contributed by atoms with Crippen molar-refractivity contribution in [3.63, 3.8) is 0 Å². The Morgan fingerprint density at radius 2 is 0.897 bits per heavy atom. The molecule has 6 fully saturated rings. The zero-order valence-electron chi connectivity index (χ0n) is 36.5. The van der Waals surface area contributed by atoms with Crippen molar-refractivity contribution >= 4 is 34.0 Å². The number of aryl methyl sites for hydroxylation is 2. The van der Waals surface area contributed by atoms with Gasteiger partial charge in [-0.3, -0.25) is 9.98 Å². The van der Waals surface area contributed by atoms with Crippen LogP contribution >= 0.6 is 0 Å². The number of fused-ring (bicyclic) bond motifs is 6. The third-order valence-corrected chi connectivity index (χ3v) is 16.4. The van der Waals surface area contributed by atoms with Crippen LogP contribution in [0.1, 0.15) is 140 Å². The summed E-state index contributed by atoms with van der Waals surface area (Å²) in [7, 11) is 0. The second-order valence-electron chi connectivity index (χ2n) is 20.6. The van der Waals surface area contributed by atoms with Crippen molar-refractivity contribution in [2.75, 3.05) is 0 Å². The van der Waals surface area contributed by atoms with E-state index in [2.05, 4.69) is 41.5 Å². The second-order valence-corrected chi connectivity index (χ2v) is 20.6. The van der Waals surface area contributed by atoms with Gasteiger partial charge >= 0.3 is 0 Å². The second kappa shape index (κ2) is 13.5. The maximum Gasteiger partial charge on any atom is 0.167 e. The number of phenols is 6. The van der Waals surface area contributed by atoms with Crippen LogP contribution in [0, 0.1) is 60.2 Å². The van der Waals surface area contributed by atoms with Crippen LogP contribution in [0.25, 0.3) is 32.7 Å². The summed E-state index contributed by atoms with van der Waals surface area (Å²) >= 11 is 0. The van der Waals surface area contributed by atoms with E-state index in [4.69, 9.17) is 9.98 Å². The molecule has 0 saturated heterocycles. The molecule has 4 bridgehead atoms. The minimum absolute atomic E-state index is 0.0465. The van der Waals surface area contributed by atoms with E-state index >= 15 is 0 Å². The highest BCUT2D eigenvalue weighted by atomic mass is 16.3. The monoisotopic (exact) mass is 788 g/mol. The van der Waals surface area contributed by atoms with Crippen molar-refractivity contribution in [3.8, 4) is 45.6 Å². The van der Waals surface area contributed by atoms with E-state index in [-0.39, 0.29) is 80.4 Å². The number of benzene rings is 4. The predicted molar refractivity (Wildman–Crippen MR) is 236 cm³/mol. The van der Waals surface area contributed by atoms with Crippen LogP contribution in [0.4, 0.5) is 0 Å². The number of nitrogens with zero attached hydrogens (tertiary/aromatic N) is 2. The van der Waals surface area contributed by atoms with Crippen LogP contribution < -0.4 is 0 Å². The Morgan fingerprint density at radius 3 is 1.19 bits per heavy atom. The summed E-state index contributed by atoms with van der Waals surface area (Å²) in [6.07, 6.45) is 7.57. The van der Waals surface area contributed by atoms with Crippen molar-refractivity contribution in [1.82, 2.24) is 0 Å². The fourth-order valence-electron chi connectivity index (χ4n) is 12.6. The molecular weight excluding hydrogens is 725 g/mol. The van der Waals surface area contributed by atoms with Gasteiger partial charge in [0, 0.05) is 56.6 Å². The van der Waals surface area contributed by atoms with Crippen LogP contribution in [0.2, 0.25) is 0 Å². The molecule has 6 aliphatic carbocycles. The normalized spacial score (nSPS) is 28.6. The lowest BCUT2D eigenvalue weighted by atomic mass is 9.45. The van der Waals surface area contributed by atoms with Gasteiger partial charge in [-0.15, -0.1) is 0 Å². The molecule has 0 spiro atoms. The van der Waals surface area contributed by atoms with Crippen LogP contribution in [-0.4, -0.2) is 55.2 Å². The summed E-state index contributed by atoms with van der Waals surface area (Å²) in [5.41, 5.74) is 4.12. The van der Waals surface area contributed by atoms with Crippen molar-refractivity contribution < 1.29 is 30.6 Å². The molecule has 8 atom stereocenters. The quantitative estimate of drug-likeness (QED) is 0.0812. The number of phenolic OH excluding ortho intramolecular Hbond substituents is 6. The van der Waals surface area contributed by atoms with Gasteiger partial charge in [0.25, 0.3) is 0 Å². The Bertz CT molecular complexity index is 2270. The molecular formula is C50H64N2O6. The number of aliphatic imine (C=N–C) groups is 2. The number of hydrogen-bond acceptors (Lipinski definition) is 8. The fraction of sp³-hybridized carbons (Fsp3) is 0.560. The molecule has 0 heterocycles. The van der Waals surface area contributed by atoms with E-state index < -0.39 is 0 Å². The van der Waals surface area contributed by atoms with Crippen molar-refractivity contribution in [2.24, 2.45) is 56.3 Å². The van der Waals surface area contributed by atoms with Gasteiger partial charge in [0.15, 0.2) is 23.0 Å². The van der Waals surface area contributed by atoms with E-state index in [9.17, 15) is 30.6 Å². The highest BCUT2D eigenvalue weighted by Crippen LogP contribution is 2.63. The van der Waals surface area contributed by atoms with Gasteiger partial charge in [0.05, 0.1) is 12.1 Å². The molecule has 8 nitrogen and oxygen atoms in total. The summed E-state index contributed by atoms with van der Waals surface area (Å²) in [6.45, 7) is 25.4. The smallest absolute Gasteiger partial charge is 0.167 e. The lowest BCUT2D eigenvalue weighted by Crippen LogP contribution is -2.56. The zero-order chi connectivity index (χ0) is 42.2. The SMILES string of the molecule is Cc1cc2c(C(C)C)c(O)c(O)c(C=N[C@H]3C[C@@H]4C[C@H]([C@@H]3C)C4(C)C)c2c(O)c1-c1c(C)cc2c(C(C)C)c(O)c(O)c(C=N[C@H]3C[C@@H]4C[C@H]([C@@H]3C)C4(C)C)c2c1O. The molecule has 4 aromatic rings. The van der Waals surface area contributed by atoms with Crippen molar-refractivity contribution in [2.45, 2.75) is 133 Å². The molecule has 10 rings (SSSR count). The first kappa shape index (κ1) is 40.3. The summed E-state index contributed by atoms with van der Waals surface area (Å²) in [6, 6.07) is 3.91. The first-order chi connectivity index (χ1) is 27.1. The van der Waals surface area contributed by atoms with Crippen LogP contribution in [-0.2, 0) is 0 Å². The van der Waals surface area contributed by atoms with Crippen LogP contribution in [0.15, 0.2) is 22.1 Å². The zero-order valence-corrected chi connectivity index (χ0v) is 36.5. The van der Waals surface area contributed by atoms with E-state index in [0.29, 0.717) is 90.4 Å². The Labute approximate surface area is 343 Å². The summed E-state index contributed by atoms with van der Waals surface area (Å²) in [4.78, 5) is 10.1. The Hall–Kier alpha value is -4.46. The number of rotatable bonds is 7. The Kier molecular flexibility index (Phi) is 9.41. The first-order valence-electron chi connectivity index (χ1n) is 21.7. The molecule has 0 aliphatic heterocycles. The molecule has 310 valence electrons.